The third-order valence-electron chi connectivity index (χ3n) is 4.78. The number of carboxylic acids is 2. The van der Waals surface area contributed by atoms with Crippen molar-refractivity contribution >= 4 is 23.1 Å². The molecule has 0 saturated heterocycles. The minimum absolute atomic E-state index is 0.691. The molecule has 2 N–H and O–H groups in total. The van der Waals surface area contributed by atoms with Crippen LogP contribution in [0.5, 0.6) is 5.75 Å². The average molecular weight is 448 g/mol. The van der Waals surface area contributed by atoms with Crippen LogP contribution in [0.25, 0.3) is 11.1 Å². The van der Waals surface area contributed by atoms with Crippen molar-refractivity contribution in [3.63, 3.8) is 0 Å². The Bertz CT molecular complexity index is 1050. The van der Waals surface area contributed by atoms with Crippen LogP contribution < -0.4 is 4.74 Å². The summed E-state index contributed by atoms with van der Waals surface area (Å²) in [7, 11) is 4.10. The van der Waals surface area contributed by atoms with Crippen molar-refractivity contribution in [3.8, 4) is 5.75 Å². The number of benzene rings is 3. The second-order valence-electron chi connectivity index (χ2n) is 7.52. The van der Waals surface area contributed by atoms with Gasteiger partial charge in [-0.1, -0.05) is 72.8 Å². The topological polar surface area (TPSA) is 87.1 Å². The number of nitrogens with zero attached hydrogens (tertiary/aromatic N) is 1. The predicted octanol–water partition coefficient (Wildman–Crippen LogP) is 4.76. The molecule has 0 bridgehead atoms. The minimum Gasteiger partial charge on any atom is -0.492 e. The van der Waals surface area contributed by atoms with E-state index in [0.29, 0.717) is 6.61 Å². The van der Waals surface area contributed by atoms with Crippen molar-refractivity contribution in [1.82, 2.24) is 4.90 Å². The molecule has 0 heterocycles. The van der Waals surface area contributed by atoms with Gasteiger partial charge in [0.25, 0.3) is 0 Å². The first-order chi connectivity index (χ1) is 15.8. The van der Waals surface area contributed by atoms with E-state index in [2.05, 4.69) is 111 Å². The maximum absolute atomic E-state index is 9.10. The van der Waals surface area contributed by atoms with E-state index in [-0.39, 0.29) is 0 Å². The average Bonchev–Trinajstić information content (AvgIpc) is 2.81. The van der Waals surface area contributed by atoms with E-state index in [0.717, 1.165) is 12.3 Å². The monoisotopic (exact) mass is 447 g/mol. The molecule has 0 atom stereocenters. The highest BCUT2D eigenvalue weighted by Gasteiger charge is 2.11. The molecule has 0 unspecified atom stereocenters. The van der Waals surface area contributed by atoms with E-state index in [1.54, 1.807) is 0 Å². The summed E-state index contributed by atoms with van der Waals surface area (Å²) in [6.07, 6.45) is 0. The largest absolute Gasteiger partial charge is 0.492 e. The lowest BCUT2D eigenvalue weighted by molar-refractivity contribution is -0.159. The van der Waals surface area contributed by atoms with Gasteiger partial charge in [0, 0.05) is 6.54 Å². The molecule has 0 radical (unpaired) electrons. The lowest BCUT2D eigenvalue weighted by Gasteiger charge is -2.15. The molecule has 0 fully saturated rings. The lowest BCUT2D eigenvalue weighted by Crippen LogP contribution is -2.19. The van der Waals surface area contributed by atoms with Crippen LogP contribution in [0.4, 0.5) is 0 Å². The predicted molar refractivity (Wildman–Crippen MR) is 130 cm³/mol. The zero-order chi connectivity index (χ0) is 24.2. The summed E-state index contributed by atoms with van der Waals surface area (Å²) < 4.78 is 5.84. The van der Waals surface area contributed by atoms with Crippen molar-refractivity contribution in [2.75, 3.05) is 27.2 Å². The number of aliphatic carboxylic acids is 2. The summed E-state index contributed by atoms with van der Waals surface area (Å²) in [5.74, 6) is -2.74. The molecular formula is C27H29NO5. The highest BCUT2D eigenvalue weighted by Crippen LogP contribution is 2.32. The molecular weight excluding hydrogens is 418 g/mol. The Balaban J connectivity index is 0.000000569. The Morgan fingerprint density at radius 2 is 1.18 bits per heavy atom. The van der Waals surface area contributed by atoms with Gasteiger partial charge in [0.05, 0.1) is 0 Å². The van der Waals surface area contributed by atoms with Gasteiger partial charge < -0.3 is 19.8 Å². The molecule has 172 valence electrons. The lowest BCUT2D eigenvalue weighted by atomic mass is 9.90. The number of ether oxygens (including phenoxy) is 1. The Morgan fingerprint density at radius 3 is 1.64 bits per heavy atom. The molecule has 0 aromatic heterocycles. The molecule has 0 aliphatic rings. The molecule has 6 heteroatoms. The first-order valence-electron chi connectivity index (χ1n) is 10.5. The second-order valence-corrected chi connectivity index (χ2v) is 7.52. The van der Waals surface area contributed by atoms with Gasteiger partial charge in [-0.2, -0.15) is 0 Å². The highest BCUT2D eigenvalue weighted by atomic mass is 16.5. The summed E-state index contributed by atoms with van der Waals surface area (Å²) in [5, 5.41) is 14.8. The highest BCUT2D eigenvalue weighted by molar-refractivity contribution is 6.27. The van der Waals surface area contributed by atoms with Gasteiger partial charge in [-0.05, 0) is 61.0 Å². The van der Waals surface area contributed by atoms with Gasteiger partial charge in [-0.3, -0.25) is 0 Å². The van der Waals surface area contributed by atoms with Crippen LogP contribution in [-0.2, 0) is 9.59 Å². The number of hydrogen-bond donors (Lipinski definition) is 2. The van der Waals surface area contributed by atoms with Crippen LogP contribution in [0, 0.1) is 0 Å². The van der Waals surface area contributed by atoms with Gasteiger partial charge in [0.15, 0.2) is 0 Å². The van der Waals surface area contributed by atoms with Crippen molar-refractivity contribution in [2.45, 2.75) is 6.92 Å². The van der Waals surface area contributed by atoms with Crippen LogP contribution in [0.3, 0.4) is 0 Å². The molecule has 0 aliphatic carbocycles. The Labute approximate surface area is 194 Å². The van der Waals surface area contributed by atoms with Gasteiger partial charge in [0.2, 0.25) is 0 Å². The summed E-state index contributed by atoms with van der Waals surface area (Å²) >= 11 is 0. The maximum atomic E-state index is 9.10. The number of likely N-dealkylation sites (N-methyl/N-ethyl adjacent to an activating group) is 1. The van der Waals surface area contributed by atoms with Crippen LogP contribution in [0.1, 0.15) is 23.6 Å². The van der Waals surface area contributed by atoms with E-state index >= 15 is 0 Å². The minimum atomic E-state index is -1.82. The molecule has 3 aromatic rings. The molecule has 6 nitrogen and oxygen atoms in total. The van der Waals surface area contributed by atoms with Crippen molar-refractivity contribution in [1.29, 1.82) is 0 Å². The normalized spacial score (nSPS) is 11.2. The van der Waals surface area contributed by atoms with E-state index < -0.39 is 11.9 Å². The first kappa shape index (κ1) is 25.4. The number of hydrogen-bond acceptors (Lipinski definition) is 4. The van der Waals surface area contributed by atoms with Gasteiger partial charge in [-0.25, -0.2) is 9.59 Å². The first-order valence-corrected chi connectivity index (χ1v) is 10.5. The van der Waals surface area contributed by atoms with Crippen LogP contribution in [0.15, 0.2) is 84.9 Å². The fourth-order valence-electron chi connectivity index (χ4n) is 3.10. The fraction of sp³-hybridized carbons (Fsp3) is 0.185. The Hall–Kier alpha value is -3.90. The number of carboxylic acid groups (broad SMARTS) is 2. The van der Waals surface area contributed by atoms with Gasteiger partial charge in [-0.15, -0.1) is 0 Å². The van der Waals surface area contributed by atoms with Crippen LogP contribution >= 0.6 is 0 Å². The van der Waals surface area contributed by atoms with E-state index in [1.807, 2.05) is 0 Å². The van der Waals surface area contributed by atoms with Crippen LogP contribution in [0.2, 0.25) is 0 Å². The summed E-state index contributed by atoms with van der Waals surface area (Å²) in [6, 6.07) is 29.6. The number of allylic oxidation sites excluding steroid dienone is 1. The molecule has 0 spiro atoms. The quantitative estimate of drug-likeness (QED) is 0.401. The SMILES string of the molecule is CC(=C(c1ccccc1)c1ccc(OCCN(C)C)cc1)c1ccccc1.O=C(O)C(=O)O. The van der Waals surface area contributed by atoms with Crippen molar-refractivity contribution in [3.05, 3.63) is 102 Å². The van der Waals surface area contributed by atoms with Crippen LogP contribution in [-0.4, -0.2) is 54.3 Å². The van der Waals surface area contributed by atoms with Crippen molar-refractivity contribution < 1.29 is 24.5 Å². The Morgan fingerprint density at radius 1 is 0.727 bits per heavy atom. The summed E-state index contributed by atoms with van der Waals surface area (Å²) in [5.41, 5.74) is 6.18. The molecule has 3 aromatic carbocycles. The number of carbonyl (C=O) groups is 2. The zero-order valence-corrected chi connectivity index (χ0v) is 19.1. The zero-order valence-electron chi connectivity index (χ0n) is 19.1. The Kier molecular flexibility index (Phi) is 9.86. The fourth-order valence-corrected chi connectivity index (χ4v) is 3.10. The molecule has 0 amide bonds. The third kappa shape index (κ3) is 8.27. The molecule has 3 rings (SSSR count). The van der Waals surface area contributed by atoms with Gasteiger partial charge >= 0.3 is 11.9 Å². The maximum Gasteiger partial charge on any atom is 0.414 e. The summed E-state index contributed by atoms with van der Waals surface area (Å²) in [4.78, 5) is 20.3. The smallest absolute Gasteiger partial charge is 0.414 e. The second kappa shape index (κ2) is 12.8. The summed E-state index contributed by atoms with van der Waals surface area (Å²) in [6.45, 7) is 3.79. The third-order valence-corrected chi connectivity index (χ3v) is 4.78. The van der Waals surface area contributed by atoms with Gasteiger partial charge in [0.1, 0.15) is 12.4 Å². The molecule has 33 heavy (non-hydrogen) atoms. The molecule has 0 aliphatic heterocycles. The standard InChI is InChI=1S/C25H27NO.C2H2O4/c1-20(21-10-6-4-7-11-21)25(22-12-8-5-9-13-22)23-14-16-24(17-15-23)27-19-18-26(2)3;3-1(4)2(5)6/h4-17H,18-19H2,1-3H3;(H,3,4)(H,5,6). The molecule has 0 saturated carbocycles. The van der Waals surface area contributed by atoms with E-state index in [4.69, 9.17) is 24.5 Å². The van der Waals surface area contributed by atoms with Crippen molar-refractivity contribution in [2.24, 2.45) is 0 Å². The van der Waals surface area contributed by atoms with E-state index in [1.165, 1.54) is 27.8 Å². The van der Waals surface area contributed by atoms with E-state index in [9.17, 15) is 0 Å². The number of rotatable bonds is 7.